The number of hydrogen-bond acceptors (Lipinski definition) is 9. The Balaban J connectivity index is 1.57. The summed E-state index contributed by atoms with van der Waals surface area (Å²) in [6, 6.07) is 6.83. The molecule has 1 aliphatic heterocycles. The summed E-state index contributed by atoms with van der Waals surface area (Å²) in [5, 5.41) is 27.9. The molecule has 0 bridgehead atoms. The van der Waals surface area contributed by atoms with Crippen molar-refractivity contribution < 1.29 is 19.4 Å². The summed E-state index contributed by atoms with van der Waals surface area (Å²) in [5.74, 6) is 1.00. The molecule has 1 atom stereocenters. The lowest BCUT2D eigenvalue weighted by molar-refractivity contribution is -0.618. The first-order chi connectivity index (χ1) is 17.0. The molecule has 0 radical (unpaired) electrons. The predicted octanol–water partition coefficient (Wildman–Crippen LogP) is 1.67. The van der Waals surface area contributed by atoms with Crippen LogP contribution in [0.2, 0.25) is 5.02 Å². The third-order valence-corrected chi connectivity index (χ3v) is 6.03. The molecule has 0 unspecified atom stereocenters. The zero-order valence-electron chi connectivity index (χ0n) is 19.1. The number of rotatable bonds is 9. The van der Waals surface area contributed by atoms with E-state index in [1.807, 2.05) is 11.0 Å². The van der Waals surface area contributed by atoms with E-state index < -0.39 is 5.91 Å². The average molecular weight is 500 g/mol. The SMILES string of the molecule is COc1ccc(CNc2nc(N3CCC[C@H]3CO)ncc2C(=O)NCc2nccc[n+]2[O-])cc1Cl. The molecule has 1 aliphatic rings. The Morgan fingerprint density at radius 2 is 2.23 bits per heavy atom. The van der Waals surface area contributed by atoms with Crippen LogP contribution in [0.15, 0.2) is 42.9 Å². The van der Waals surface area contributed by atoms with Crippen LogP contribution in [0.5, 0.6) is 5.75 Å². The van der Waals surface area contributed by atoms with Crippen molar-refractivity contribution in [2.24, 2.45) is 0 Å². The highest BCUT2D eigenvalue weighted by molar-refractivity contribution is 6.32. The van der Waals surface area contributed by atoms with E-state index in [0.717, 1.165) is 18.4 Å². The van der Waals surface area contributed by atoms with Gasteiger partial charge in [-0.2, -0.15) is 4.98 Å². The summed E-state index contributed by atoms with van der Waals surface area (Å²) in [5.41, 5.74) is 1.07. The predicted molar refractivity (Wildman–Crippen MR) is 129 cm³/mol. The van der Waals surface area contributed by atoms with Crippen molar-refractivity contribution in [1.29, 1.82) is 0 Å². The van der Waals surface area contributed by atoms with Gasteiger partial charge in [0.1, 0.15) is 29.9 Å². The maximum atomic E-state index is 13.0. The van der Waals surface area contributed by atoms with Crippen LogP contribution in [0.1, 0.15) is 34.6 Å². The normalized spacial score (nSPS) is 15.2. The Morgan fingerprint density at radius 3 is 2.97 bits per heavy atom. The Hall–Kier alpha value is -3.70. The lowest BCUT2D eigenvalue weighted by Crippen LogP contribution is -2.37. The van der Waals surface area contributed by atoms with Crippen molar-refractivity contribution in [2.45, 2.75) is 32.0 Å². The number of aliphatic hydroxyl groups excluding tert-OH is 1. The fourth-order valence-electron chi connectivity index (χ4n) is 3.87. The lowest BCUT2D eigenvalue weighted by Gasteiger charge is -2.24. The molecule has 1 aromatic carbocycles. The second-order valence-electron chi connectivity index (χ2n) is 7.97. The third kappa shape index (κ3) is 5.69. The standard InChI is InChI=1S/C23H26ClN7O4/c1-35-19-6-5-15(10-18(19)24)11-26-21-17(22(33)27-13-20-25-7-3-9-31(20)34)12-28-23(29-21)30-8-2-4-16(30)14-32/h3,5-7,9-10,12,16,32H,2,4,8,11,13-14H2,1H3,(H,27,33)(H,26,28,29)/t16-/m0/s1. The molecule has 4 rings (SSSR count). The monoisotopic (exact) mass is 499 g/mol. The molecule has 1 saturated heterocycles. The maximum absolute atomic E-state index is 13.0. The second kappa shape index (κ2) is 11.2. The summed E-state index contributed by atoms with van der Waals surface area (Å²) in [4.78, 5) is 27.9. The van der Waals surface area contributed by atoms with Crippen LogP contribution in [-0.2, 0) is 13.1 Å². The highest BCUT2D eigenvalue weighted by Crippen LogP contribution is 2.27. The molecular formula is C23H26ClN7O4. The quantitative estimate of drug-likeness (QED) is 0.296. The van der Waals surface area contributed by atoms with E-state index in [2.05, 4.69) is 25.6 Å². The Bertz CT molecular complexity index is 1200. The van der Waals surface area contributed by atoms with E-state index in [9.17, 15) is 15.1 Å². The number of hydrogen-bond donors (Lipinski definition) is 3. The zero-order chi connectivity index (χ0) is 24.8. The molecule has 11 nitrogen and oxygen atoms in total. The molecule has 1 fully saturated rings. The number of benzene rings is 1. The largest absolute Gasteiger partial charge is 0.711 e. The number of nitrogens with one attached hydrogen (secondary N) is 2. The molecule has 3 heterocycles. The number of ether oxygens (including phenoxy) is 1. The molecule has 35 heavy (non-hydrogen) atoms. The Morgan fingerprint density at radius 1 is 1.37 bits per heavy atom. The highest BCUT2D eigenvalue weighted by atomic mass is 35.5. The van der Waals surface area contributed by atoms with Crippen LogP contribution in [-0.4, -0.2) is 52.3 Å². The lowest BCUT2D eigenvalue weighted by atomic mass is 10.2. The minimum absolute atomic E-state index is 0.00201. The smallest absolute Gasteiger partial charge is 0.320 e. The van der Waals surface area contributed by atoms with Crippen LogP contribution in [0, 0.1) is 5.21 Å². The first-order valence-corrected chi connectivity index (χ1v) is 11.5. The number of amides is 1. The van der Waals surface area contributed by atoms with Gasteiger partial charge in [0.05, 0.1) is 31.0 Å². The highest BCUT2D eigenvalue weighted by Gasteiger charge is 2.27. The number of halogens is 1. The third-order valence-electron chi connectivity index (χ3n) is 5.73. The van der Waals surface area contributed by atoms with Gasteiger partial charge in [-0.25, -0.2) is 9.71 Å². The van der Waals surface area contributed by atoms with Gasteiger partial charge in [-0.05, 0) is 30.5 Å². The molecule has 0 saturated carbocycles. The van der Waals surface area contributed by atoms with Crippen molar-refractivity contribution in [1.82, 2.24) is 20.3 Å². The number of methoxy groups -OCH3 is 1. The summed E-state index contributed by atoms with van der Waals surface area (Å²) in [6.07, 6.45) is 6.00. The van der Waals surface area contributed by atoms with E-state index in [4.69, 9.17) is 16.3 Å². The zero-order valence-corrected chi connectivity index (χ0v) is 19.9. The van der Waals surface area contributed by atoms with Crippen molar-refractivity contribution >= 4 is 29.3 Å². The van der Waals surface area contributed by atoms with Crippen molar-refractivity contribution in [2.75, 3.05) is 30.5 Å². The van der Waals surface area contributed by atoms with E-state index >= 15 is 0 Å². The van der Waals surface area contributed by atoms with Crippen molar-refractivity contribution in [3.63, 3.8) is 0 Å². The molecule has 2 aromatic heterocycles. The summed E-state index contributed by atoms with van der Waals surface area (Å²) < 4.78 is 5.79. The summed E-state index contributed by atoms with van der Waals surface area (Å²) >= 11 is 6.24. The van der Waals surface area contributed by atoms with Crippen LogP contribution in [0.3, 0.4) is 0 Å². The topological polar surface area (TPSA) is 139 Å². The summed E-state index contributed by atoms with van der Waals surface area (Å²) in [6.45, 7) is 0.993. The molecule has 3 aromatic rings. The van der Waals surface area contributed by atoms with Gasteiger partial charge in [0.15, 0.2) is 0 Å². The van der Waals surface area contributed by atoms with Gasteiger partial charge in [0.2, 0.25) is 5.95 Å². The Labute approximate surface area is 207 Å². The molecule has 1 amide bonds. The number of carbonyl (C=O) groups is 1. The first-order valence-electron chi connectivity index (χ1n) is 11.1. The van der Waals surface area contributed by atoms with Gasteiger partial charge >= 0.3 is 5.82 Å². The van der Waals surface area contributed by atoms with Crippen LogP contribution >= 0.6 is 11.6 Å². The summed E-state index contributed by atoms with van der Waals surface area (Å²) in [7, 11) is 1.55. The molecule has 184 valence electrons. The van der Waals surface area contributed by atoms with Gasteiger partial charge in [0, 0.05) is 25.4 Å². The van der Waals surface area contributed by atoms with Crippen LogP contribution in [0.25, 0.3) is 0 Å². The molecule has 0 aliphatic carbocycles. The van der Waals surface area contributed by atoms with Gasteiger partial charge in [-0.3, -0.25) is 4.79 Å². The van der Waals surface area contributed by atoms with Gasteiger partial charge in [-0.1, -0.05) is 22.7 Å². The molecule has 0 spiro atoms. The van der Waals surface area contributed by atoms with Crippen molar-refractivity contribution in [3.8, 4) is 5.75 Å². The fraction of sp³-hybridized carbons (Fsp3) is 0.348. The van der Waals surface area contributed by atoms with Gasteiger partial charge in [-0.15, -0.1) is 0 Å². The number of aliphatic hydroxyl groups is 1. The minimum Gasteiger partial charge on any atom is -0.711 e. The Kier molecular flexibility index (Phi) is 7.78. The molecule has 12 heteroatoms. The van der Waals surface area contributed by atoms with E-state index in [0.29, 0.717) is 40.4 Å². The first kappa shape index (κ1) is 24.4. The number of anilines is 2. The number of nitrogens with zero attached hydrogens (tertiary/aromatic N) is 5. The van der Waals surface area contributed by atoms with Crippen molar-refractivity contribution in [3.05, 3.63) is 70.0 Å². The van der Waals surface area contributed by atoms with Crippen LogP contribution < -0.4 is 25.0 Å². The van der Waals surface area contributed by atoms with E-state index in [-0.39, 0.29) is 30.6 Å². The van der Waals surface area contributed by atoms with Gasteiger partial charge < -0.3 is 30.6 Å². The van der Waals surface area contributed by atoms with Gasteiger partial charge in [0.25, 0.3) is 5.91 Å². The number of carbonyl (C=O) groups excluding carboxylic acids is 1. The maximum Gasteiger partial charge on any atom is 0.320 e. The molecular weight excluding hydrogens is 474 g/mol. The second-order valence-corrected chi connectivity index (χ2v) is 8.38. The van der Waals surface area contributed by atoms with E-state index in [1.54, 1.807) is 19.2 Å². The fourth-order valence-corrected chi connectivity index (χ4v) is 4.15. The van der Waals surface area contributed by atoms with Crippen LogP contribution in [0.4, 0.5) is 11.8 Å². The number of aromatic nitrogens is 4. The minimum atomic E-state index is -0.461. The molecule has 3 N–H and O–H groups in total. The van der Waals surface area contributed by atoms with E-state index in [1.165, 1.54) is 24.7 Å². The average Bonchev–Trinajstić information content (AvgIpc) is 3.36.